The number of pyridine rings is 1. The lowest BCUT2D eigenvalue weighted by Gasteiger charge is -2.25. The Bertz CT molecular complexity index is 443. The van der Waals surface area contributed by atoms with Gasteiger partial charge in [-0.05, 0) is 25.0 Å². The van der Waals surface area contributed by atoms with Gasteiger partial charge in [0.2, 0.25) is 0 Å². The van der Waals surface area contributed by atoms with Crippen LogP contribution in [0.2, 0.25) is 0 Å². The molecule has 3 rings (SSSR count). The van der Waals surface area contributed by atoms with Crippen LogP contribution in [0.25, 0.3) is 5.69 Å². The number of hydrogen-bond acceptors (Lipinski definition) is 2. The molecule has 0 N–H and O–H groups in total. The van der Waals surface area contributed by atoms with Crippen molar-refractivity contribution in [2.75, 3.05) is 0 Å². The van der Waals surface area contributed by atoms with Crippen LogP contribution in [0.4, 0.5) is 0 Å². The minimum Gasteiger partial charge on any atom is -0.303 e. The molecule has 0 aromatic carbocycles. The zero-order valence-corrected chi connectivity index (χ0v) is 8.50. The summed E-state index contributed by atoms with van der Waals surface area (Å²) in [7, 11) is 0. The van der Waals surface area contributed by atoms with Gasteiger partial charge in [0.05, 0.1) is 0 Å². The summed E-state index contributed by atoms with van der Waals surface area (Å²) in [5.74, 6) is 1.86. The molecule has 2 heterocycles. The molecule has 0 saturated heterocycles. The number of nitrogens with zero attached hydrogens (tertiary/aromatic N) is 3. The largest absolute Gasteiger partial charge is 0.303 e. The molecule has 76 valence electrons. The van der Waals surface area contributed by atoms with Crippen molar-refractivity contribution in [3.63, 3.8) is 0 Å². The fraction of sp³-hybridized carbons (Fsp3) is 0.333. The van der Waals surface area contributed by atoms with Crippen LogP contribution in [0.5, 0.6) is 0 Å². The zero-order chi connectivity index (χ0) is 10.1. The average molecular weight is 199 g/mol. The fourth-order valence-corrected chi connectivity index (χ4v) is 2.01. The summed E-state index contributed by atoms with van der Waals surface area (Å²) < 4.78 is 2.17. The Hall–Kier alpha value is -1.64. The van der Waals surface area contributed by atoms with E-state index in [1.54, 1.807) is 0 Å². The Morgan fingerprint density at radius 2 is 1.93 bits per heavy atom. The van der Waals surface area contributed by atoms with Gasteiger partial charge < -0.3 is 4.57 Å². The molecule has 1 aliphatic rings. The summed E-state index contributed by atoms with van der Waals surface area (Å²) >= 11 is 0. The summed E-state index contributed by atoms with van der Waals surface area (Å²) in [4.78, 5) is 8.49. The van der Waals surface area contributed by atoms with Crippen molar-refractivity contribution in [1.29, 1.82) is 0 Å². The van der Waals surface area contributed by atoms with E-state index < -0.39 is 0 Å². The molecule has 2 aromatic rings. The predicted octanol–water partition coefficient (Wildman–Crippen LogP) is 2.53. The molecular weight excluding hydrogens is 186 g/mol. The molecular formula is C12H13N3. The molecule has 1 aliphatic carbocycles. The minimum absolute atomic E-state index is 0.660. The highest BCUT2D eigenvalue weighted by Crippen LogP contribution is 2.36. The first kappa shape index (κ1) is 8.65. The van der Waals surface area contributed by atoms with Crippen LogP contribution in [0.3, 0.4) is 0 Å². The Morgan fingerprint density at radius 1 is 1.13 bits per heavy atom. The highest BCUT2D eigenvalue weighted by Gasteiger charge is 2.23. The van der Waals surface area contributed by atoms with Crippen molar-refractivity contribution < 1.29 is 0 Å². The summed E-state index contributed by atoms with van der Waals surface area (Å²) in [5, 5.41) is 0. The molecule has 0 radical (unpaired) electrons. The lowest BCUT2D eigenvalue weighted by molar-refractivity contribution is 0.398. The molecule has 1 fully saturated rings. The first-order valence-corrected chi connectivity index (χ1v) is 5.39. The second-order valence-corrected chi connectivity index (χ2v) is 3.99. The van der Waals surface area contributed by atoms with Crippen LogP contribution < -0.4 is 0 Å². The molecule has 3 heteroatoms. The predicted molar refractivity (Wildman–Crippen MR) is 58.0 cm³/mol. The van der Waals surface area contributed by atoms with Crippen LogP contribution in [-0.2, 0) is 0 Å². The second kappa shape index (κ2) is 3.50. The van der Waals surface area contributed by atoms with Gasteiger partial charge in [-0.25, -0.2) is 4.98 Å². The lowest BCUT2D eigenvalue weighted by atomic mass is 9.85. The Labute approximate surface area is 88.8 Å². The molecule has 0 unspecified atom stereocenters. The van der Waals surface area contributed by atoms with Crippen molar-refractivity contribution >= 4 is 0 Å². The second-order valence-electron chi connectivity index (χ2n) is 3.99. The van der Waals surface area contributed by atoms with E-state index in [0.29, 0.717) is 5.92 Å². The van der Waals surface area contributed by atoms with Crippen LogP contribution >= 0.6 is 0 Å². The monoisotopic (exact) mass is 199 g/mol. The van der Waals surface area contributed by atoms with Gasteiger partial charge in [-0.3, -0.25) is 4.98 Å². The standard InChI is InChI=1S/C12H13N3/c1-2-10(3-1)12-14-8-9-15(12)11-4-6-13-7-5-11/h4-10H,1-3H2. The van der Waals surface area contributed by atoms with Gasteiger partial charge in [0.25, 0.3) is 0 Å². The Morgan fingerprint density at radius 3 is 2.60 bits per heavy atom. The van der Waals surface area contributed by atoms with Crippen LogP contribution in [0.1, 0.15) is 31.0 Å². The van der Waals surface area contributed by atoms with Crippen molar-refractivity contribution in [3.8, 4) is 5.69 Å². The van der Waals surface area contributed by atoms with Crippen LogP contribution in [0.15, 0.2) is 36.9 Å². The highest BCUT2D eigenvalue weighted by atomic mass is 15.1. The average Bonchev–Trinajstić information content (AvgIpc) is 2.65. The van der Waals surface area contributed by atoms with Crippen molar-refractivity contribution in [3.05, 3.63) is 42.7 Å². The van der Waals surface area contributed by atoms with Gasteiger partial charge in [0, 0.05) is 36.4 Å². The maximum absolute atomic E-state index is 4.46. The van der Waals surface area contributed by atoms with E-state index in [9.17, 15) is 0 Å². The molecule has 0 atom stereocenters. The minimum atomic E-state index is 0.660. The zero-order valence-electron chi connectivity index (χ0n) is 8.50. The maximum Gasteiger partial charge on any atom is 0.116 e. The normalized spacial score (nSPS) is 16.3. The molecule has 0 amide bonds. The third-order valence-electron chi connectivity index (χ3n) is 3.08. The van der Waals surface area contributed by atoms with Crippen LogP contribution in [0, 0.1) is 0 Å². The van der Waals surface area contributed by atoms with E-state index in [-0.39, 0.29) is 0 Å². The Kier molecular flexibility index (Phi) is 2.02. The third kappa shape index (κ3) is 1.44. The molecule has 0 spiro atoms. The van der Waals surface area contributed by atoms with E-state index >= 15 is 0 Å². The molecule has 3 nitrogen and oxygen atoms in total. The lowest BCUT2D eigenvalue weighted by Crippen LogP contribution is -2.14. The number of imidazole rings is 1. The molecule has 1 saturated carbocycles. The highest BCUT2D eigenvalue weighted by molar-refractivity contribution is 5.31. The fourth-order valence-electron chi connectivity index (χ4n) is 2.01. The van der Waals surface area contributed by atoms with Crippen LogP contribution in [-0.4, -0.2) is 14.5 Å². The topological polar surface area (TPSA) is 30.7 Å². The molecule has 0 bridgehead atoms. The summed E-state index contributed by atoms with van der Waals surface area (Å²) in [5.41, 5.74) is 1.16. The van der Waals surface area contributed by atoms with Gasteiger partial charge in [0.15, 0.2) is 0 Å². The van der Waals surface area contributed by atoms with Gasteiger partial charge in [-0.1, -0.05) is 6.42 Å². The molecule has 0 aliphatic heterocycles. The molecule has 15 heavy (non-hydrogen) atoms. The van der Waals surface area contributed by atoms with E-state index in [1.807, 2.05) is 36.9 Å². The van der Waals surface area contributed by atoms with E-state index in [0.717, 1.165) is 5.69 Å². The summed E-state index contributed by atoms with van der Waals surface area (Å²) in [6.07, 6.45) is 11.5. The Balaban J connectivity index is 2.01. The molecule has 2 aromatic heterocycles. The van der Waals surface area contributed by atoms with Crippen molar-refractivity contribution in [2.45, 2.75) is 25.2 Å². The smallest absolute Gasteiger partial charge is 0.116 e. The van der Waals surface area contributed by atoms with Gasteiger partial charge in [-0.15, -0.1) is 0 Å². The number of aromatic nitrogens is 3. The van der Waals surface area contributed by atoms with Crippen molar-refractivity contribution in [2.24, 2.45) is 0 Å². The third-order valence-corrected chi connectivity index (χ3v) is 3.08. The number of hydrogen-bond donors (Lipinski definition) is 0. The van der Waals surface area contributed by atoms with Gasteiger partial charge >= 0.3 is 0 Å². The summed E-state index contributed by atoms with van der Waals surface area (Å²) in [6.45, 7) is 0. The first-order valence-electron chi connectivity index (χ1n) is 5.39. The summed E-state index contributed by atoms with van der Waals surface area (Å²) in [6, 6.07) is 4.04. The van der Waals surface area contributed by atoms with Gasteiger partial charge in [0.1, 0.15) is 5.82 Å². The van der Waals surface area contributed by atoms with Gasteiger partial charge in [-0.2, -0.15) is 0 Å². The van der Waals surface area contributed by atoms with E-state index in [2.05, 4.69) is 14.5 Å². The van der Waals surface area contributed by atoms with Crippen molar-refractivity contribution in [1.82, 2.24) is 14.5 Å². The SMILES string of the molecule is c1cc(-n2ccnc2C2CCC2)ccn1. The maximum atomic E-state index is 4.46. The number of rotatable bonds is 2. The quantitative estimate of drug-likeness (QED) is 0.744. The van der Waals surface area contributed by atoms with E-state index in [1.165, 1.54) is 25.1 Å². The first-order chi connectivity index (χ1) is 7.45. The van der Waals surface area contributed by atoms with E-state index in [4.69, 9.17) is 0 Å².